The molecule has 0 aromatic heterocycles. The van der Waals surface area contributed by atoms with Gasteiger partial charge in [-0.2, -0.15) is 0 Å². The second-order valence-electron chi connectivity index (χ2n) is 5.62. The Hall–Kier alpha value is -0.880. The quantitative estimate of drug-likeness (QED) is 0.662. The van der Waals surface area contributed by atoms with Crippen molar-refractivity contribution in [2.24, 2.45) is 0 Å². The van der Waals surface area contributed by atoms with Gasteiger partial charge in [-0.3, -0.25) is 4.79 Å². The first-order valence-corrected chi connectivity index (χ1v) is 9.68. The van der Waals surface area contributed by atoms with Crippen molar-refractivity contribution in [3.63, 3.8) is 0 Å². The Kier molecular flexibility index (Phi) is 7.96. The summed E-state index contributed by atoms with van der Waals surface area (Å²) in [6, 6.07) is 0. The topological polar surface area (TPSA) is 66.5 Å². The molecule has 0 fully saturated rings. The number of allylic oxidation sites excluding steroid dienone is 1. The third-order valence-electron chi connectivity index (χ3n) is 3.70. The Bertz CT molecular complexity index is 458. The molecule has 0 unspecified atom stereocenters. The first kappa shape index (κ1) is 18.2. The lowest BCUT2D eigenvalue weighted by atomic mass is 9.97. The van der Waals surface area contributed by atoms with Crippen molar-refractivity contribution in [3.8, 4) is 0 Å². The highest BCUT2D eigenvalue weighted by Gasteiger charge is 2.18. The third-order valence-corrected chi connectivity index (χ3v) is 5.00. The van der Waals surface area contributed by atoms with Crippen molar-refractivity contribution in [1.29, 1.82) is 0 Å². The summed E-state index contributed by atoms with van der Waals surface area (Å²) in [5, 5.41) is 2.77. The van der Waals surface area contributed by atoms with Crippen LogP contribution in [0.5, 0.6) is 0 Å². The number of rotatable bonds is 9. The normalized spacial score (nSPS) is 15.9. The fourth-order valence-corrected chi connectivity index (χ4v) is 3.27. The Morgan fingerprint density at radius 2 is 2.10 bits per heavy atom. The van der Waals surface area contributed by atoms with E-state index in [1.54, 1.807) is 0 Å². The van der Waals surface area contributed by atoms with Crippen molar-refractivity contribution in [1.82, 2.24) is 9.62 Å². The molecule has 1 aliphatic carbocycles. The first-order chi connectivity index (χ1) is 9.93. The number of carbonyl (C=O) groups is 1. The highest BCUT2D eigenvalue weighted by atomic mass is 32.2. The monoisotopic (exact) mass is 316 g/mol. The average molecular weight is 316 g/mol. The van der Waals surface area contributed by atoms with Gasteiger partial charge in [0.15, 0.2) is 0 Å². The van der Waals surface area contributed by atoms with E-state index in [-0.39, 0.29) is 18.9 Å². The summed E-state index contributed by atoms with van der Waals surface area (Å²) in [6.45, 7) is 3.37. The lowest BCUT2D eigenvalue weighted by molar-refractivity contribution is -0.121. The van der Waals surface area contributed by atoms with Crippen LogP contribution in [0.25, 0.3) is 0 Å². The predicted octanol–water partition coefficient (Wildman–Crippen LogP) is 2.05. The van der Waals surface area contributed by atoms with Gasteiger partial charge in [-0.05, 0) is 38.5 Å². The van der Waals surface area contributed by atoms with E-state index in [0.29, 0.717) is 13.1 Å². The summed E-state index contributed by atoms with van der Waals surface area (Å²) < 4.78 is 25.0. The van der Waals surface area contributed by atoms with Crippen LogP contribution in [0.3, 0.4) is 0 Å². The fourth-order valence-electron chi connectivity index (χ4n) is 2.42. The smallest absolute Gasteiger partial charge is 0.221 e. The van der Waals surface area contributed by atoms with Crippen LogP contribution in [0.15, 0.2) is 11.6 Å². The molecule has 21 heavy (non-hydrogen) atoms. The lowest BCUT2D eigenvalue weighted by Gasteiger charge is -2.21. The molecule has 0 aliphatic heterocycles. The maximum atomic E-state index is 11.8. The van der Waals surface area contributed by atoms with E-state index < -0.39 is 10.0 Å². The summed E-state index contributed by atoms with van der Waals surface area (Å²) in [6.07, 6.45) is 9.96. The van der Waals surface area contributed by atoms with E-state index in [9.17, 15) is 13.2 Å². The van der Waals surface area contributed by atoms with E-state index in [0.717, 1.165) is 25.7 Å². The molecular weight excluding hydrogens is 288 g/mol. The van der Waals surface area contributed by atoms with Crippen LogP contribution in [-0.4, -0.2) is 44.5 Å². The molecule has 122 valence electrons. The first-order valence-electron chi connectivity index (χ1n) is 7.83. The number of amides is 1. The van der Waals surface area contributed by atoms with Gasteiger partial charge in [0, 0.05) is 26.1 Å². The molecular formula is C15H28N2O3S. The van der Waals surface area contributed by atoms with E-state index in [2.05, 4.69) is 11.4 Å². The molecule has 1 N–H and O–H groups in total. The maximum Gasteiger partial charge on any atom is 0.221 e. The van der Waals surface area contributed by atoms with Crippen LogP contribution in [0.1, 0.15) is 51.9 Å². The number of carbonyl (C=O) groups excluding carboxylic acids is 1. The second-order valence-corrected chi connectivity index (χ2v) is 7.60. The zero-order chi connectivity index (χ0) is 15.7. The van der Waals surface area contributed by atoms with Gasteiger partial charge < -0.3 is 5.32 Å². The molecule has 0 spiro atoms. The Labute approximate surface area is 128 Å². The van der Waals surface area contributed by atoms with E-state index in [1.165, 1.54) is 29.0 Å². The van der Waals surface area contributed by atoms with Gasteiger partial charge in [0.05, 0.1) is 6.26 Å². The predicted molar refractivity (Wildman–Crippen MR) is 85.5 cm³/mol. The zero-order valence-corrected chi connectivity index (χ0v) is 14.0. The van der Waals surface area contributed by atoms with Gasteiger partial charge in [-0.15, -0.1) is 0 Å². The molecule has 0 aromatic rings. The molecule has 0 aromatic carbocycles. The van der Waals surface area contributed by atoms with Crippen molar-refractivity contribution in [3.05, 3.63) is 11.6 Å². The Balaban J connectivity index is 2.45. The molecule has 5 nitrogen and oxygen atoms in total. The minimum Gasteiger partial charge on any atom is -0.356 e. The zero-order valence-electron chi connectivity index (χ0n) is 13.2. The van der Waals surface area contributed by atoms with Gasteiger partial charge in [0.25, 0.3) is 0 Å². The third kappa shape index (κ3) is 7.62. The van der Waals surface area contributed by atoms with Gasteiger partial charge in [0.2, 0.25) is 15.9 Å². The second kappa shape index (κ2) is 9.20. The fraction of sp³-hybridized carbons (Fsp3) is 0.800. The van der Waals surface area contributed by atoms with Crippen LogP contribution in [-0.2, 0) is 14.8 Å². The van der Waals surface area contributed by atoms with Crippen molar-refractivity contribution in [2.45, 2.75) is 51.9 Å². The van der Waals surface area contributed by atoms with E-state index >= 15 is 0 Å². The molecule has 0 bridgehead atoms. The minimum absolute atomic E-state index is 0.0811. The molecule has 1 aliphatic rings. The number of nitrogens with zero attached hydrogens (tertiary/aromatic N) is 1. The number of hydrogen-bond acceptors (Lipinski definition) is 3. The van der Waals surface area contributed by atoms with Crippen LogP contribution in [0.2, 0.25) is 0 Å². The minimum atomic E-state index is -3.26. The molecule has 1 amide bonds. The van der Waals surface area contributed by atoms with Gasteiger partial charge in [-0.1, -0.05) is 18.6 Å². The average Bonchev–Trinajstić information content (AvgIpc) is 2.44. The van der Waals surface area contributed by atoms with Crippen molar-refractivity contribution in [2.75, 3.05) is 25.9 Å². The van der Waals surface area contributed by atoms with Gasteiger partial charge in [0.1, 0.15) is 0 Å². The molecule has 0 heterocycles. The summed E-state index contributed by atoms with van der Waals surface area (Å²) in [5.41, 5.74) is 1.35. The highest BCUT2D eigenvalue weighted by Crippen LogP contribution is 2.20. The number of nitrogens with one attached hydrogen (secondary N) is 1. The molecule has 6 heteroatoms. The SMILES string of the molecule is CCCNC(=O)CCN(CCC1=CCCCC1)S(C)(=O)=O. The standard InChI is InChI=1S/C15H28N2O3S/c1-3-11-16-15(18)10-13-17(21(2,19)20)12-9-14-7-5-4-6-8-14/h7H,3-6,8-13H2,1-2H3,(H,16,18). The van der Waals surface area contributed by atoms with Crippen LogP contribution >= 0.6 is 0 Å². The molecule has 0 atom stereocenters. The lowest BCUT2D eigenvalue weighted by Crippen LogP contribution is -2.35. The molecule has 1 rings (SSSR count). The molecule has 0 radical (unpaired) electrons. The highest BCUT2D eigenvalue weighted by molar-refractivity contribution is 7.88. The number of hydrogen-bond donors (Lipinski definition) is 1. The largest absolute Gasteiger partial charge is 0.356 e. The molecule has 0 saturated heterocycles. The summed E-state index contributed by atoms with van der Waals surface area (Å²) in [5.74, 6) is -0.0811. The molecule has 0 saturated carbocycles. The van der Waals surface area contributed by atoms with E-state index in [4.69, 9.17) is 0 Å². The van der Waals surface area contributed by atoms with Crippen LogP contribution in [0, 0.1) is 0 Å². The Morgan fingerprint density at radius 1 is 1.33 bits per heavy atom. The summed E-state index contributed by atoms with van der Waals surface area (Å²) >= 11 is 0. The maximum absolute atomic E-state index is 11.8. The summed E-state index contributed by atoms with van der Waals surface area (Å²) in [4.78, 5) is 11.6. The van der Waals surface area contributed by atoms with Crippen molar-refractivity contribution < 1.29 is 13.2 Å². The van der Waals surface area contributed by atoms with Gasteiger partial charge in [-0.25, -0.2) is 12.7 Å². The van der Waals surface area contributed by atoms with Crippen molar-refractivity contribution >= 4 is 15.9 Å². The van der Waals surface area contributed by atoms with Crippen LogP contribution < -0.4 is 5.32 Å². The Morgan fingerprint density at radius 3 is 2.67 bits per heavy atom. The summed E-state index contributed by atoms with van der Waals surface area (Å²) in [7, 11) is -3.26. The number of sulfonamides is 1. The van der Waals surface area contributed by atoms with Crippen LogP contribution in [0.4, 0.5) is 0 Å². The van der Waals surface area contributed by atoms with Gasteiger partial charge >= 0.3 is 0 Å². The van der Waals surface area contributed by atoms with E-state index in [1.807, 2.05) is 6.92 Å².